The van der Waals surface area contributed by atoms with Crippen LogP contribution in [0.1, 0.15) is 18.4 Å². The lowest BCUT2D eigenvalue weighted by molar-refractivity contribution is -0.00873. The van der Waals surface area contributed by atoms with E-state index in [2.05, 4.69) is 5.32 Å². The molecule has 4 heteroatoms. The molecule has 0 aromatic heterocycles. The predicted molar refractivity (Wildman–Crippen MR) is 61.9 cm³/mol. The van der Waals surface area contributed by atoms with Gasteiger partial charge in [0, 0.05) is 5.56 Å². The average molecular weight is 241 g/mol. The summed E-state index contributed by atoms with van der Waals surface area (Å²) < 4.78 is 27.4. The van der Waals surface area contributed by atoms with E-state index in [-0.39, 0.29) is 18.2 Å². The fourth-order valence-electron chi connectivity index (χ4n) is 2.08. The molecule has 0 atom stereocenters. The molecule has 1 aliphatic rings. The van der Waals surface area contributed by atoms with Gasteiger partial charge in [0.15, 0.2) is 0 Å². The fourth-order valence-corrected chi connectivity index (χ4v) is 2.08. The van der Waals surface area contributed by atoms with E-state index in [4.69, 9.17) is 5.11 Å². The van der Waals surface area contributed by atoms with Crippen LogP contribution in [0.15, 0.2) is 30.3 Å². The minimum absolute atomic E-state index is 0.0427. The Balaban J connectivity index is 1.77. The topological polar surface area (TPSA) is 32.3 Å². The number of benzene rings is 1. The minimum Gasteiger partial charge on any atom is -0.393 e. The second kappa shape index (κ2) is 5.10. The predicted octanol–water partition coefficient (Wildman–Crippen LogP) is 2.14. The van der Waals surface area contributed by atoms with Gasteiger partial charge < -0.3 is 10.4 Å². The van der Waals surface area contributed by atoms with Crippen molar-refractivity contribution in [1.82, 2.24) is 5.32 Å². The van der Waals surface area contributed by atoms with Gasteiger partial charge in [0.2, 0.25) is 0 Å². The summed E-state index contributed by atoms with van der Waals surface area (Å²) in [5.41, 5.74) is 0.0427. The van der Waals surface area contributed by atoms with Crippen LogP contribution in [-0.2, 0) is 5.92 Å². The number of aliphatic hydroxyl groups is 1. The van der Waals surface area contributed by atoms with E-state index in [0.29, 0.717) is 12.5 Å². The summed E-state index contributed by atoms with van der Waals surface area (Å²) in [7, 11) is 0. The second-order valence-electron chi connectivity index (χ2n) is 4.69. The van der Waals surface area contributed by atoms with Crippen molar-refractivity contribution in [1.29, 1.82) is 0 Å². The number of alkyl halides is 2. The molecule has 2 N–H and O–H groups in total. The lowest BCUT2D eigenvalue weighted by Gasteiger charge is -2.32. The van der Waals surface area contributed by atoms with Gasteiger partial charge >= 0.3 is 0 Å². The third kappa shape index (κ3) is 3.23. The Morgan fingerprint density at radius 3 is 2.47 bits per heavy atom. The van der Waals surface area contributed by atoms with Crippen molar-refractivity contribution in [2.24, 2.45) is 5.92 Å². The van der Waals surface area contributed by atoms with Crippen molar-refractivity contribution in [3.05, 3.63) is 35.9 Å². The van der Waals surface area contributed by atoms with E-state index >= 15 is 0 Å². The van der Waals surface area contributed by atoms with E-state index < -0.39 is 5.92 Å². The number of rotatable bonds is 5. The molecule has 1 aromatic rings. The van der Waals surface area contributed by atoms with Crippen LogP contribution in [0.25, 0.3) is 0 Å². The number of nitrogens with one attached hydrogen (secondary N) is 1. The van der Waals surface area contributed by atoms with Gasteiger partial charge in [0.25, 0.3) is 5.92 Å². The van der Waals surface area contributed by atoms with Crippen molar-refractivity contribution in [2.75, 3.05) is 13.1 Å². The molecule has 0 heterocycles. The molecule has 2 nitrogen and oxygen atoms in total. The molecule has 0 radical (unpaired) electrons. The SMILES string of the molecule is OC1CC(CNCC(F)(F)c2ccccc2)C1. The van der Waals surface area contributed by atoms with Crippen molar-refractivity contribution in [3.63, 3.8) is 0 Å². The molecule has 1 saturated carbocycles. The molecule has 0 unspecified atom stereocenters. The molecule has 1 fully saturated rings. The van der Waals surface area contributed by atoms with Gasteiger partial charge in [-0.1, -0.05) is 30.3 Å². The number of hydrogen-bond acceptors (Lipinski definition) is 2. The summed E-state index contributed by atoms with van der Waals surface area (Å²) in [6, 6.07) is 7.84. The highest BCUT2D eigenvalue weighted by molar-refractivity contribution is 5.20. The van der Waals surface area contributed by atoms with Crippen LogP contribution in [0.3, 0.4) is 0 Å². The Morgan fingerprint density at radius 1 is 1.24 bits per heavy atom. The highest BCUT2D eigenvalue weighted by atomic mass is 19.3. The first kappa shape index (κ1) is 12.5. The van der Waals surface area contributed by atoms with Crippen LogP contribution < -0.4 is 5.32 Å². The molecule has 0 amide bonds. The highest BCUT2D eigenvalue weighted by Gasteiger charge is 2.32. The molecule has 0 saturated heterocycles. The first-order valence-corrected chi connectivity index (χ1v) is 5.90. The maximum atomic E-state index is 13.7. The van der Waals surface area contributed by atoms with Gasteiger partial charge in [-0.15, -0.1) is 0 Å². The summed E-state index contributed by atoms with van der Waals surface area (Å²) in [5, 5.41) is 11.9. The van der Waals surface area contributed by atoms with E-state index in [0.717, 1.165) is 12.8 Å². The van der Waals surface area contributed by atoms with Crippen molar-refractivity contribution < 1.29 is 13.9 Å². The molecule has 0 spiro atoms. The van der Waals surface area contributed by atoms with Gasteiger partial charge in [-0.3, -0.25) is 0 Å². The van der Waals surface area contributed by atoms with Crippen LogP contribution in [0.2, 0.25) is 0 Å². The summed E-state index contributed by atoms with van der Waals surface area (Å²) in [5.74, 6) is -2.49. The highest BCUT2D eigenvalue weighted by Crippen LogP contribution is 2.28. The summed E-state index contributed by atoms with van der Waals surface area (Å²) >= 11 is 0. The Kier molecular flexibility index (Phi) is 3.74. The van der Waals surface area contributed by atoms with E-state index in [9.17, 15) is 8.78 Å². The lowest BCUT2D eigenvalue weighted by Crippen LogP contribution is -2.39. The smallest absolute Gasteiger partial charge is 0.285 e. The van der Waals surface area contributed by atoms with E-state index in [1.807, 2.05) is 0 Å². The fraction of sp³-hybridized carbons (Fsp3) is 0.538. The number of hydrogen-bond donors (Lipinski definition) is 2. The second-order valence-corrected chi connectivity index (χ2v) is 4.69. The van der Waals surface area contributed by atoms with Crippen molar-refractivity contribution >= 4 is 0 Å². The molecule has 17 heavy (non-hydrogen) atoms. The third-order valence-electron chi connectivity index (χ3n) is 3.19. The zero-order valence-electron chi connectivity index (χ0n) is 9.57. The Hall–Kier alpha value is -1.00. The molecule has 0 bridgehead atoms. The molecule has 1 aromatic carbocycles. The summed E-state index contributed by atoms with van der Waals surface area (Å²) in [6.07, 6.45) is 1.23. The van der Waals surface area contributed by atoms with Crippen LogP contribution >= 0.6 is 0 Å². The Bertz CT molecular complexity index is 350. The standard InChI is InChI=1S/C13H17F2NO/c14-13(15,11-4-2-1-3-5-11)9-16-8-10-6-12(17)7-10/h1-5,10,12,16-17H,6-9H2. The van der Waals surface area contributed by atoms with Crippen molar-refractivity contribution in [2.45, 2.75) is 24.9 Å². The van der Waals surface area contributed by atoms with Gasteiger partial charge in [0.1, 0.15) is 0 Å². The van der Waals surface area contributed by atoms with E-state index in [1.54, 1.807) is 18.2 Å². The number of aliphatic hydroxyl groups excluding tert-OH is 1. The monoisotopic (exact) mass is 241 g/mol. The normalized spacial score (nSPS) is 24.4. The molecule has 1 aliphatic carbocycles. The zero-order valence-corrected chi connectivity index (χ0v) is 9.57. The zero-order chi connectivity index (χ0) is 12.3. The molecule has 2 rings (SSSR count). The van der Waals surface area contributed by atoms with Crippen LogP contribution in [0, 0.1) is 5.92 Å². The maximum Gasteiger partial charge on any atom is 0.285 e. The molecular weight excluding hydrogens is 224 g/mol. The molecular formula is C13H17F2NO. The Morgan fingerprint density at radius 2 is 1.88 bits per heavy atom. The summed E-state index contributed by atoms with van der Waals surface area (Å²) in [4.78, 5) is 0. The lowest BCUT2D eigenvalue weighted by atomic mass is 9.82. The van der Waals surface area contributed by atoms with E-state index in [1.165, 1.54) is 12.1 Å². The molecule has 94 valence electrons. The van der Waals surface area contributed by atoms with Crippen LogP contribution in [0.5, 0.6) is 0 Å². The minimum atomic E-state index is -2.83. The summed E-state index contributed by atoms with van der Waals surface area (Å²) in [6.45, 7) is 0.211. The first-order valence-electron chi connectivity index (χ1n) is 5.90. The maximum absolute atomic E-state index is 13.7. The van der Waals surface area contributed by atoms with Gasteiger partial charge in [-0.2, -0.15) is 8.78 Å². The Labute approximate surface area is 99.7 Å². The van der Waals surface area contributed by atoms with Gasteiger partial charge in [-0.05, 0) is 25.3 Å². The van der Waals surface area contributed by atoms with Gasteiger partial charge in [-0.25, -0.2) is 0 Å². The van der Waals surface area contributed by atoms with Gasteiger partial charge in [0.05, 0.1) is 12.6 Å². The average Bonchev–Trinajstić information content (AvgIpc) is 2.28. The quantitative estimate of drug-likeness (QED) is 0.827. The van der Waals surface area contributed by atoms with Crippen LogP contribution in [-0.4, -0.2) is 24.3 Å². The van der Waals surface area contributed by atoms with Crippen molar-refractivity contribution in [3.8, 4) is 0 Å². The third-order valence-corrected chi connectivity index (χ3v) is 3.19. The first-order chi connectivity index (χ1) is 8.08. The van der Waals surface area contributed by atoms with Crippen LogP contribution in [0.4, 0.5) is 8.78 Å². The molecule has 0 aliphatic heterocycles. The largest absolute Gasteiger partial charge is 0.393 e. The number of halogens is 2.